The highest BCUT2D eigenvalue weighted by atomic mass is 16.2. The van der Waals surface area contributed by atoms with Crippen LogP contribution in [0, 0.1) is 0 Å². The zero-order valence-electron chi connectivity index (χ0n) is 15.9. The lowest BCUT2D eigenvalue weighted by molar-refractivity contribution is 0.209. The van der Waals surface area contributed by atoms with Crippen LogP contribution in [0.5, 0.6) is 0 Å². The van der Waals surface area contributed by atoms with Gasteiger partial charge in [0.2, 0.25) is 0 Å². The molecule has 0 aliphatic carbocycles. The lowest BCUT2D eigenvalue weighted by Gasteiger charge is -2.34. The minimum atomic E-state index is -0.0915. The van der Waals surface area contributed by atoms with Crippen LogP contribution < -0.4 is 15.5 Å². The first-order valence-electron chi connectivity index (χ1n) is 9.48. The number of amides is 2. The summed E-state index contributed by atoms with van der Waals surface area (Å²) >= 11 is 0. The summed E-state index contributed by atoms with van der Waals surface area (Å²) in [5.41, 5.74) is 4.28. The van der Waals surface area contributed by atoms with E-state index >= 15 is 0 Å². The van der Waals surface area contributed by atoms with Crippen molar-refractivity contribution in [3.63, 3.8) is 0 Å². The van der Waals surface area contributed by atoms with Crippen LogP contribution in [-0.2, 0) is 6.54 Å². The van der Waals surface area contributed by atoms with Crippen LogP contribution in [0.3, 0.4) is 0 Å². The van der Waals surface area contributed by atoms with Crippen LogP contribution in [0.1, 0.15) is 12.5 Å². The summed E-state index contributed by atoms with van der Waals surface area (Å²) in [4.78, 5) is 22.9. The second-order valence-corrected chi connectivity index (χ2v) is 7.09. The molecule has 0 saturated carbocycles. The minimum Gasteiger partial charge on any atom is -0.369 e. The first-order valence-corrected chi connectivity index (χ1v) is 9.48. The predicted octanol–water partition coefficient (Wildman–Crippen LogP) is 2.94. The third-order valence-corrected chi connectivity index (χ3v) is 5.31. The van der Waals surface area contributed by atoms with Gasteiger partial charge >= 0.3 is 6.03 Å². The molecule has 142 valence electrons. The molecule has 0 unspecified atom stereocenters. The van der Waals surface area contributed by atoms with Gasteiger partial charge in [0.05, 0.1) is 6.54 Å². The number of aromatic nitrogens is 1. The number of urea groups is 1. The number of carbonyl (C=O) groups excluding carboxylic acids is 1. The van der Waals surface area contributed by atoms with Crippen LogP contribution in [0.2, 0.25) is 0 Å². The first kappa shape index (κ1) is 17.6. The van der Waals surface area contributed by atoms with Crippen LogP contribution in [-0.4, -0.2) is 60.6 Å². The summed E-state index contributed by atoms with van der Waals surface area (Å²) in [6.07, 6.45) is 1.72. The van der Waals surface area contributed by atoms with E-state index in [9.17, 15) is 4.79 Å². The number of hydrogen-bond donors (Lipinski definition) is 2. The van der Waals surface area contributed by atoms with Crippen molar-refractivity contribution in [2.24, 2.45) is 0 Å². The largest absolute Gasteiger partial charge is 0.369 e. The molecule has 27 heavy (non-hydrogen) atoms. The van der Waals surface area contributed by atoms with E-state index in [0.29, 0.717) is 18.9 Å². The summed E-state index contributed by atoms with van der Waals surface area (Å²) < 4.78 is 0. The molecule has 7 heteroatoms. The molecule has 2 N–H and O–H groups in total. The van der Waals surface area contributed by atoms with Gasteiger partial charge in [0.15, 0.2) is 0 Å². The Morgan fingerprint density at radius 1 is 1.11 bits per heavy atom. The molecule has 0 atom stereocenters. The third-order valence-electron chi connectivity index (χ3n) is 5.31. The van der Waals surface area contributed by atoms with Crippen LogP contribution >= 0.6 is 0 Å². The van der Waals surface area contributed by atoms with Gasteiger partial charge in [0.1, 0.15) is 5.82 Å². The van der Waals surface area contributed by atoms with Gasteiger partial charge in [-0.25, -0.2) is 9.78 Å². The molecule has 7 nitrogen and oxygen atoms in total. The number of likely N-dealkylation sites (N-methyl/N-ethyl adjacent to an activating group) is 1. The number of benzene rings is 1. The molecule has 1 aromatic carbocycles. The van der Waals surface area contributed by atoms with Gasteiger partial charge in [0, 0.05) is 61.5 Å². The Kier molecular flexibility index (Phi) is 4.85. The molecular formula is C20H26N6O. The monoisotopic (exact) mass is 366 g/mol. The second-order valence-electron chi connectivity index (χ2n) is 7.09. The van der Waals surface area contributed by atoms with E-state index in [1.54, 1.807) is 11.1 Å². The van der Waals surface area contributed by atoms with Crippen LogP contribution in [0.4, 0.5) is 27.7 Å². The van der Waals surface area contributed by atoms with Crippen molar-refractivity contribution in [2.75, 3.05) is 55.3 Å². The molecule has 2 aliphatic rings. The summed E-state index contributed by atoms with van der Waals surface area (Å²) in [7, 11) is 2.17. The minimum absolute atomic E-state index is 0.0915. The van der Waals surface area contributed by atoms with E-state index in [0.717, 1.165) is 43.1 Å². The molecule has 1 aromatic heterocycles. The maximum Gasteiger partial charge on any atom is 0.323 e. The quantitative estimate of drug-likeness (QED) is 0.871. The standard InChI is InChI=1S/C20H26N6O/c1-3-25-14-17-18(8-9-21-19(17)23-20(25)27)22-15-4-6-16(7-5-15)26-12-10-24(2)11-13-26/h4-9H,3,10-14H2,1-2H3,(H2,21,22,23,27). The van der Waals surface area contributed by atoms with Crippen molar-refractivity contribution < 1.29 is 4.79 Å². The number of nitrogens with one attached hydrogen (secondary N) is 2. The summed E-state index contributed by atoms with van der Waals surface area (Å²) in [5, 5.41) is 6.35. The zero-order valence-corrected chi connectivity index (χ0v) is 15.9. The van der Waals surface area contributed by atoms with Gasteiger partial charge in [0.25, 0.3) is 0 Å². The van der Waals surface area contributed by atoms with Crippen molar-refractivity contribution in [2.45, 2.75) is 13.5 Å². The van der Waals surface area contributed by atoms with E-state index in [4.69, 9.17) is 0 Å². The molecular weight excluding hydrogens is 340 g/mol. The van der Waals surface area contributed by atoms with E-state index in [2.05, 4.69) is 56.7 Å². The fourth-order valence-corrected chi connectivity index (χ4v) is 3.55. The number of hydrogen-bond acceptors (Lipinski definition) is 5. The van der Waals surface area contributed by atoms with Gasteiger partial charge in [-0.2, -0.15) is 0 Å². The number of fused-ring (bicyclic) bond motifs is 1. The highest BCUT2D eigenvalue weighted by Crippen LogP contribution is 2.30. The Morgan fingerprint density at radius 3 is 2.56 bits per heavy atom. The molecule has 0 radical (unpaired) electrons. The Labute approximate surface area is 160 Å². The molecule has 0 bridgehead atoms. The van der Waals surface area contributed by atoms with E-state index in [1.165, 1.54) is 5.69 Å². The Morgan fingerprint density at radius 2 is 1.85 bits per heavy atom. The van der Waals surface area contributed by atoms with E-state index in [1.807, 2.05) is 13.0 Å². The van der Waals surface area contributed by atoms with Gasteiger partial charge < -0.3 is 20.0 Å². The van der Waals surface area contributed by atoms with Gasteiger partial charge in [-0.05, 0) is 44.3 Å². The summed E-state index contributed by atoms with van der Waals surface area (Å²) in [6, 6.07) is 10.4. The molecule has 2 aromatic rings. The predicted molar refractivity (Wildman–Crippen MR) is 109 cm³/mol. The topological polar surface area (TPSA) is 63.7 Å². The van der Waals surface area contributed by atoms with Gasteiger partial charge in [-0.15, -0.1) is 0 Å². The number of nitrogens with zero attached hydrogens (tertiary/aromatic N) is 4. The van der Waals surface area contributed by atoms with Crippen LogP contribution in [0.15, 0.2) is 36.5 Å². The maximum absolute atomic E-state index is 12.0. The normalized spacial score (nSPS) is 17.5. The van der Waals surface area contributed by atoms with Crippen molar-refractivity contribution in [3.8, 4) is 0 Å². The Bertz CT molecular complexity index is 814. The lowest BCUT2D eigenvalue weighted by Crippen LogP contribution is -2.44. The number of anilines is 4. The summed E-state index contributed by atoms with van der Waals surface area (Å²) in [6.45, 7) is 7.53. The van der Waals surface area contributed by atoms with Crippen LogP contribution in [0.25, 0.3) is 0 Å². The number of pyridine rings is 1. The second kappa shape index (κ2) is 7.44. The van der Waals surface area contributed by atoms with E-state index in [-0.39, 0.29) is 6.03 Å². The fraction of sp³-hybridized carbons (Fsp3) is 0.400. The molecule has 1 fully saturated rings. The van der Waals surface area contributed by atoms with Crippen molar-refractivity contribution >= 4 is 28.9 Å². The SMILES string of the molecule is CCN1Cc2c(Nc3ccc(N4CCN(C)CC4)cc3)ccnc2NC1=O. The summed E-state index contributed by atoms with van der Waals surface area (Å²) in [5.74, 6) is 0.642. The fourth-order valence-electron chi connectivity index (χ4n) is 3.55. The first-order chi connectivity index (χ1) is 13.1. The molecule has 3 heterocycles. The van der Waals surface area contributed by atoms with Crippen molar-refractivity contribution in [1.82, 2.24) is 14.8 Å². The highest BCUT2D eigenvalue weighted by molar-refractivity contribution is 5.92. The van der Waals surface area contributed by atoms with Crippen molar-refractivity contribution in [3.05, 3.63) is 42.1 Å². The Hall–Kier alpha value is -2.80. The van der Waals surface area contributed by atoms with Gasteiger partial charge in [-0.1, -0.05) is 0 Å². The molecule has 1 saturated heterocycles. The smallest absolute Gasteiger partial charge is 0.323 e. The van der Waals surface area contributed by atoms with Crippen molar-refractivity contribution in [1.29, 1.82) is 0 Å². The average Bonchev–Trinajstić information content (AvgIpc) is 2.69. The van der Waals surface area contributed by atoms with E-state index < -0.39 is 0 Å². The molecule has 0 spiro atoms. The number of rotatable bonds is 4. The van der Waals surface area contributed by atoms with Gasteiger partial charge in [-0.3, -0.25) is 5.32 Å². The highest BCUT2D eigenvalue weighted by Gasteiger charge is 2.24. The molecule has 2 amide bonds. The zero-order chi connectivity index (χ0) is 18.8. The molecule has 2 aliphatic heterocycles. The number of piperazine rings is 1. The third kappa shape index (κ3) is 3.68. The average molecular weight is 366 g/mol. The Balaban J connectivity index is 1.50. The maximum atomic E-state index is 12.0. The lowest BCUT2D eigenvalue weighted by atomic mass is 10.1. The number of carbonyl (C=O) groups is 1. The molecule has 4 rings (SSSR count).